The molecule has 0 radical (unpaired) electrons. The topological polar surface area (TPSA) is 58.2 Å². The van der Waals surface area contributed by atoms with Crippen LogP contribution in [0.25, 0.3) is 0 Å². The molecule has 2 amide bonds. The number of rotatable bonds is 5. The van der Waals surface area contributed by atoms with Gasteiger partial charge in [-0.15, -0.1) is 11.8 Å². The zero-order valence-electron chi connectivity index (χ0n) is 13.3. The van der Waals surface area contributed by atoms with E-state index in [1.807, 2.05) is 52.0 Å². The normalized spacial score (nSPS) is 12.6. The van der Waals surface area contributed by atoms with Crippen molar-refractivity contribution < 1.29 is 9.59 Å². The minimum Gasteiger partial charge on any atom is -0.350 e. The van der Waals surface area contributed by atoms with Crippen molar-refractivity contribution in [3.05, 3.63) is 29.8 Å². The minimum atomic E-state index is -0.534. The Balaban J connectivity index is 2.67. The molecule has 0 fully saturated rings. The highest BCUT2D eigenvalue weighted by molar-refractivity contribution is 7.99. The van der Waals surface area contributed by atoms with E-state index in [1.165, 1.54) is 12.5 Å². The third-order valence-electron chi connectivity index (χ3n) is 2.63. The molecule has 0 bridgehead atoms. The van der Waals surface area contributed by atoms with Crippen LogP contribution in [0.5, 0.6) is 0 Å². The molecule has 116 valence electrons. The van der Waals surface area contributed by atoms with Gasteiger partial charge in [-0.1, -0.05) is 17.7 Å². The third-order valence-corrected chi connectivity index (χ3v) is 3.74. The molecule has 0 aliphatic heterocycles. The van der Waals surface area contributed by atoms with Crippen molar-refractivity contribution in [1.82, 2.24) is 10.6 Å². The quantitative estimate of drug-likeness (QED) is 0.822. The zero-order valence-corrected chi connectivity index (χ0v) is 14.1. The Hall–Kier alpha value is -1.49. The van der Waals surface area contributed by atoms with Crippen molar-refractivity contribution in [2.24, 2.45) is 0 Å². The van der Waals surface area contributed by atoms with Gasteiger partial charge in [0.1, 0.15) is 6.04 Å². The first-order valence-electron chi connectivity index (χ1n) is 6.96. The maximum absolute atomic E-state index is 12.2. The summed E-state index contributed by atoms with van der Waals surface area (Å²) in [7, 11) is 0. The number of benzene rings is 1. The Bertz CT molecular complexity index is 492. The van der Waals surface area contributed by atoms with E-state index in [9.17, 15) is 9.59 Å². The Morgan fingerprint density at radius 3 is 2.24 bits per heavy atom. The maximum Gasteiger partial charge on any atom is 0.243 e. The second-order valence-corrected chi connectivity index (χ2v) is 7.21. The Morgan fingerprint density at radius 2 is 1.76 bits per heavy atom. The van der Waals surface area contributed by atoms with Gasteiger partial charge in [-0.25, -0.2) is 0 Å². The summed E-state index contributed by atoms with van der Waals surface area (Å²) in [6.07, 6.45) is 0. The van der Waals surface area contributed by atoms with E-state index in [1.54, 1.807) is 11.8 Å². The molecule has 0 aromatic heterocycles. The van der Waals surface area contributed by atoms with Crippen LogP contribution in [0.1, 0.15) is 33.3 Å². The summed E-state index contributed by atoms with van der Waals surface area (Å²) < 4.78 is 0. The molecule has 0 aliphatic rings. The van der Waals surface area contributed by atoms with Crippen LogP contribution >= 0.6 is 11.8 Å². The van der Waals surface area contributed by atoms with Crippen molar-refractivity contribution >= 4 is 23.6 Å². The molecule has 0 saturated carbocycles. The van der Waals surface area contributed by atoms with E-state index < -0.39 is 6.04 Å². The SMILES string of the molecule is CC(=O)NC(CSc1ccc(C)cc1)C(=O)NC(C)(C)C. The van der Waals surface area contributed by atoms with Crippen LogP contribution in [0, 0.1) is 6.92 Å². The number of hydrogen-bond acceptors (Lipinski definition) is 3. The largest absolute Gasteiger partial charge is 0.350 e. The van der Waals surface area contributed by atoms with E-state index >= 15 is 0 Å². The number of thioether (sulfide) groups is 1. The molecule has 1 aromatic rings. The Labute approximate surface area is 131 Å². The molecule has 5 heteroatoms. The van der Waals surface area contributed by atoms with Crippen LogP contribution in [-0.4, -0.2) is 29.1 Å². The van der Waals surface area contributed by atoms with Crippen molar-refractivity contribution in [1.29, 1.82) is 0 Å². The van der Waals surface area contributed by atoms with Crippen molar-refractivity contribution in [2.75, 3.05) is 5.75 Å². The van der Waals surface area contributed by atoms with E-state index in [0.29, 0.717) is 5.75 Å². The fraction of sp³-hybridized carbons (Fsp3) is 0.500. The van der Waals surface area contributed by atoms with Gasteiger partial charge in [0.25, 0.3) is 0 Å². The molecular formula is C16H24N2O2S. The molecule has 4 nitrogen and oxygen atoms in total. The van der Waals surface area contributed by atoms with E-state index in [0.717, 1.165) is 4.90 Å². The summed E-state index contributed by atoms with van der Waals surface area (Å²) in [5.41, 5.74) is 0.880. The summed E-state index contributed by atoms with van der Waals surface area (Å²) in [5, 5.41) is 5.62. The number of aryl methyl sites for hydroxylation is 1. The van der Waals surface area contributed by atoms with Crippen LogP contribution in [0.15, 0.2) is 29.2 Å². The van der Waals surface area contributed by atoms with E-state index in [4.69, 9.17) is 0 Å². The van der Waals surface area contributed by atoms with Gasteiger partial charge in [0.05, 0.1) is 0 Å². The van der Waals surface area contributed by atoms with Gasteiger partial charge in [-0.2, -0.15) is 0 Å². The molecule has 1 unspecified atom stereocenters. The maximum atomic E-state index is 12.2. The average molecular weight is 308 g/mol. The van der Waals surface area contributed by atoms with E-state index in [-0.39, 0.29) is 17.4 Å². The smallest absolute Gasteiger partial charge is 0.243 e. The van der Waals surface area contributed by atoms with Crippen LogP contribution in [0.2, 0.25) is 0 Å². The van der Waals surface area contributed by atoms with Crippen molar-refractivity contribution in [3.8, 4) is 0 Å². The molecule has 0 heterocycles. The number of amides is 2. The number of carbonyl (C=O) groups is 2. The molecule has 1 aromatic carbocycles. The predicted molar refractivity (Wildman–Crippen MR) is 87.4 cm³/mol. The van der Waals surface area contributed by atoms with Crippen LogP contribution < -0.4 is 10.6 Å². The monoisotopic (exact) mass is 308 g/mol. The first kappa shape index (κ1) is 17.6. The second-order valence-electron chi connectivity index (χ2n) is 6.12. The Kier molecular flexibility index (Phi) is 6.27. The molecule has 0 aliphatic carbocycles. The highest BCUT2D eigenvalue weighted by atomic mass is 32.2. The van der Waals surface area contributed by atoms with Crippen molar-refractivity contribution in [2.45, 2.75) is 51.1 Å². The van der Waals surface area contributed by atoms with Gasteiger partial charge in [-0.3, -0.25) is 9.59 Å². The second kappa shape index (κ2) is 7.50. The van der Waals surface area contributed by atoms with E-state index in [2.05, 4.69) is 10.6 Å². The lowest BCUT2D eigenvalue weighted by Gasteiger charge is -2.25. The molecule has 1 atom stereocenters. The van der Waals surface area contributed by atoms with Gasteiger partial charge >= 0.3 is 0 Å². The molecule has 21 heavy (non-hydrogen) atoms. The standard InChI is InChI=1S/C16H24N2O2S/c1-11-6-8-13(9-7-11)21-10-14(17-12(2)19)15(20)18-16(3,4)5/h6-9,14H,10H2,1-5H3,(H,17,19)(H,18,20). The highest BCUT2D eigenvalue weighted by Crippen LogP contribution is 2.19. The third kappa shape index (κ3) is 7.18. The number of nitrogens with one attached hydrogen (secondary N) is 2. The van der Waals surface area contributed by atoms with Crippen molar-refractivity contribution in [3.63, 3.8) is 0 Å². The van der Waals surface area contributed by atoms with Gasteiger partial charge in [0.15, 0.2) is 0 Å². The van der Waals surface area contributed by atoms with Gasteiger partial charge in [0.2, 0.25) is 11.8 Å². The molecule has 1 rings (SSSR count). The summed E-state index contributed by atoms with van der Waals surface area (Å²) in [6, 6.07) is 7.57. The average Bonchev–Trinajstić information content (AvgIpc) is 2.33. The Morgan fingerprint density at radius 1 is 1.19 bits per heavy atom. The summed E-state index contributed by atoms with van der Waals surface area (Å²) >= 11 is 1.56. The lowest BCUT2D eigenvalue weighted by atomic mass is 10.1. The minimum absolute atomic E-state index is 0.155. The molecular weight excluding hydrogens is 284 g/mol. The zero-order chi connectivity index (χ0) is 16.0. The molecule has 2 N–H and O–H groups in total. The summed E-state index contributed by atoms with van der Waals surface area (Å²) in [5.74, 6) is 0.149. The number of hydrogen-bond donors (Lipinski definition) is 2. The fourth-order valence-corrected chi connectivity index (χ4v) is 2.62. The van der Waals surface area contributed by atoms with Gasteiger partial charge < -0.3 is 10.6 Å². The summed E-state index contributed by atoms with van der Waals surface area (Å²) in [4.78, 5) is 24.6. The predicted octanol–water partition coefficient (Wildman–Crippen LogP) is 2.51. The highest BCUT2D eigenvalue weighted by Gasteiger charge is 2.23. The molecule has 0 saturated heterocycles. The first-order chi connectivity index (χ1) is 9.67. The number of carbonyl (C=O) groups excluding carboxylic acids is 2. The van der Waals surface area contributed by atoms with Crippen LogP contribution in [-0.2, 0) is 9.59 Å². The van der Waals surface area contributed by atoms with Crippen LogP contribution in [0.3, 0.4) is 0 Å². The lowest BCUT2D eigenvalue weighted by molar-refractivity contribution is -0.128. The fourth-order valence-electron chi connectivity index (χ4n) is 1.70. The van der Waals surface area contributed by atoms with Gasteiger partial charge in [-0.05, 0) is 39.8 Å². The van der Waals surface area contributed by atoms with Crippen LogP contribution in [0.4, 0.5) is 0 Å². The lowest BCUT2D eigenvalue weighted by Crippen LogP contribution is -2.52. The molecule has 0 spiro atoms. The first-order valence-corrected chi connectivity index (χ1v) is 7.94. The summed E-state index contributed by atoms with van der Waals surface area (Å²) in [6.45, 7) is 9.22. The van der Waals surface area contributed by atoms with Gasteiger partial charge in [0, 0.05) is 23.1 Å².